The fourth-order valence-electron chi connectivity index (χ4n) is 1.95. The van der Waals surface area contributed by atoms with Gasteiger partial charge in [0.25, 0.3) is 0 Å². The van der Waals surface area contributed by atoms with Crippen molar-refractivity contribution >= 4 is 11.7 Å². The molecular formula is C15H13NO5. The third-order valence-electron chi connectivity index (χ3n) is 2.99. The van der Waals surface area contributed by atoms with Gasteiger partial charge in [0.05, 0.1) is 4.92 Å². The number of rotatable bonds is 5. The lowest BCUT2D eigenvalue weighted by Gasteiger charge is -2.12. The van der Waals surface area contributed by atoms with Crippen LogP contribution in [0.1, 0.15) is 22.8 Å². The standard InChI is InChI=1S/C15H13NO5/c1-2-10-6-3-4-9-13(10)21-14-11(15(17)18)7-5-8-12(14)16(19)20/h3-9H,2H2,1H3,(H,17,18). The number of hydrogen-bond acceptors (Lipinski definition) is 4. The zero-order valence-corrected chi connectivity index (χ0v) is 11.3. The fraction of sp³-hybridized carbons (Fsp3) is 0.133. The van der Waals surface area contributed by atoms with Crippen LogP contribution in [0.25, 0.3) is 0 Å². The van der Waals surface area contributed by atoms with Crippen molar-refractivity contribution in [3.63, 3.8) is 0 Å². The summed E-state index contributed by atoms with van der Waals surface area (Å²) in [5.74, 6) is -1.12. The molecule has 0 unspecified atom stereocenters. The maximum Gasteiger partial charge on any atom is 0.339 e. The van der Waals surface area contributed by atoms with E-state index in [4.69, 9.17) is 4.74 Å². The van der Waals surface area contributed by atoms with Gasteiger partial charge in [-0.1, -0.05) is 31.2 Å². The van der Waals surface area contributed by atoms with Gasteiger partial charge in [0.2, 0.25) is 5.75 Å². The summed E-state index contributed by atoms with van der Waals surface area (Å²) >= 11 is 0. The lowest BCUT2D eigenvalue weighted by molar-refractivity contribution is -0.385. The van der Waals surface area contributed by atoms with E-state index in [-0.39, 0.29) is 17.0 Å². The highest BCUT2D eigenvalue weighted by atomic mass is 16.6. The molecule has 0 aliphatic rings. The zero-order chi connectivity index (χ0) is 15.4. The Morgan fingerprint density at radius 3 is 2.57 bits per heavy atom. The van der Waals surface area contributed by atoms with Crippen LogP contribution in [-0.4, -0.2) is 16.0 Å². The van der Waals surface area contributed by atoms with Crippen molar-refractivity contribution in [2.75, 3.05) is 0 Å². The third-order valence-corrected chi connectivity index (χ3v) is 2.99. The van der Waals surface area contributed by atoms with Crippen molar-refractivity contribution in [3.8, 4) is 11.5 Å². The maximum atomic E-state index is 11.2. The van der Waals surface area contributed by atoms with Crippen molar-refractivity contribution in [1.82, 2.24) is 0 Å². The Hall–Kier alpha value is -2.89. The molecule has 6 heteroatoms. The highest BCUT2D eigenvalue weighted by Gasteiger charge is 2.24. The number of aromatic carboxylic acids is 1. The summed E-state index contributed by atoms with van der Waals surface area (Å²) in [7, 11) is 0. The normalized spacial score (nSPS) is 10.1. The zero-order valence-electron chi connectivity index (χ0n) is 11.3. The molecule has 0 atom stereocenters. The van der Waals surface area contributed by atoms with Crippen LogP contribution in [0.3, 0.4) is 0 Å². The number of carbonyl (C=O) groups is 1. The van der Waals surface area contributed by atoms with Gasteiger partial charge in [-0.15, -0.1) is 0 Å². The van der Waals surface area contributed by atoms with Crippen LogP contribution in [0, 0.1) is 10.1 Å². The highest BCUT2D eigenvalue weighted by Crippen LogP contribution is 2.36. The van der Waals surface area contributed by atoms with E-state index in [2.05, 4.69) is 0 Å². The van der Waals surface area contributed by atoms with E-state index in [0.717, 1.165) is 5.56 Å². The number of carboxylic acid groups (broad SMARTS) is 1. The van der Waals surface area contributed by atoms with Gasteiger partial charge in [-0.3, -0.25) is 10.1 Å². The number of nitro benzene ring substituents is 1. The molecule has 108 valence electrons. The van der Waals surface area contributed by atoms with E-state index in [1.54, 1.807) is 12.1 Å². The van der Waals surface area contributed by atoms with Crippen LogP contribution in [0.15, 0.2) is 42.5 Å². The second-order valence-corrected chi connectivity index (χ2v) is 4.28. The summed E-state index contributed by atoms with van der Waals surface area (Å²) in [6.07, 6.45) is 0.666. The number of aryl methyl sites for hydroxylation is 1. The SMILES string of the molecule is CCc1ccccc1Oc1c(C(=O)O)cccc1[N+](=O)[O-]. The number of nitro groups is 1. The molecule has 0 aliphatic heterocycles. The Bertz CT molecular complexity index is 664. The van der Waals surface area contributed by atoms with Crippen molar-refractivity contribution in [1.29, 1.82) is 0 Å². The summed E-state index contributed by atoms with van der Waals surface area (Å²) in [5, 5.41) is 20.2. The predicted molar refractivity (Wildman–Crippen MR) is 75.9 cm³/mol. The molecule has 0 aliphatic carbocycles. The molecule has 0 saturated heterocycles. The molecule has 21 heavy (non-hydrogen) atoms. The Balaban J connectivity index is 2.56. The molecule has 0 heterocycles. The Morgan fingerprint density at radius 1 is 1.24 bits per heavy atom. The highest BCUT2D eigenvalue weighted by molar-refractivity contribution is 5.92. The molecular weight excluding hydrogens is 274 g/mol. The minimum absolute atomic E-state index is 0.241. The molecule has 0 aromatic heterocycles. The Labute approximate surface area is 120 Å². The Kier molecular flexibility index (Phi) is 4.18. The van der Waals surface area contributed by atoms with Crippen LogP contribution < -0.4 is 4.74 Å². The minimum Gasteiger partial charge on any atom is -0.478 e. The van der Waals surface area contributed by atoms with Crippen molar-refractivity contribution in [2.24, 2.45) is 0 Å². The molecule has 1 N–H and O–H groups in total. The van der Waals surface area contributed by atoms with E-state index in [0.29, 0.717) is 12.2 Å². The number of ether oxygens (including phenoxy) is 1. The summed E-state index contributed by atoms with van der Waals surface area (Å²) in [6.45, 7) is 1.92. The molecule has 0 radical (unpaired) electrons. The molecule has 0 saturated carbocycles. The van der Waals surface area contributed by atoms with E-state index >= 15 is 0 Å². The first-order chi connectivity index (χ1) is 10.0. The van der Waals surface area contributed by atoms with Crippen LogP contribution in [0.4, 0.5) is 5.69 Å². The van der Waals surface area contributed by atoms with E-state index in [9.17, 15) is 20.0 Å². The van der Waals surface area contributed by atoms with Gasteiger partial charge >= 0.3 is 11.7 Å². The third kappa shape index (κ3) is 3.00. The molecule has 0 bridgehead atoms. The van der Waals surface area contributed by atoms with E-state index < -0.39 is 10.9 Å². The van der Waals surface area contributed by atoms with E-state index in [1.165, 1.54) is 18.2 Å². The summed E-state index contributed by atoms with van der Waals surface area (Å²) in [4.78, 5) is 21.7. The average molecular weight is 287 g/mol. The van der Waals surface area contributed by atoms with Crippen molar-refractivity contribution < 1.29 is 19.6 Å². The predicted octanol–water partition coefficient (Wildman–Crippen LogP) is 3.65. The number of carboxylic acids is 1. The molecule has 0 fully saturated rings. The molecule has 2 aromatic carbocycles. The van der Waals surface area contributed by atoms with Gasteiger partial charge in [0, 0.05) is 6.07 Å². The minimum atomic E-state index is -1.28. The first-order valence-corrected chi connectivity index (χ1v) is 6.31. The summed E-state index contributed by atoms with van der Waals surface area (Å²) < 4.78 is 5.56. The van der Waals surface area contributed by atoms with Crippen LogP contribution in [-0.2, 0) is 6.42 Å². The monoisotopic (exact) mass is 287 g/mol. The molecule has 0 spiro atoms. The van der Waals surface area contributed by atoms with Gasteiger partial charge < -0.3 is 9.84 Å². The number of benzene rings is 2. The van der Waals surface area contributed by atoms with Crippen molar-refractivity contribution in [3.05, 3.63) is 63.7 Å². The first-order valence-electron chi connectivity index (χ1n) is 6.31. The Morgan fingerprint density at radius 2 is 1.95 bits per heavy atom. The molecule has 2 rings (SSSR count). The summed E-state index contributed by atoms with van der Waals surface area (Å²) in [6, 6.07) is 10.8. The van der Waals surface area contributed by atoms with Gasteiger partial charge in [-0.2, -0.15) is 0 Å². The molecule has 0 amide bonds. The number of nitrogens with zero attached hydrogens (tertiary/aromatic N) is 1. The van der Waals surface area contributed by atoms with Crippen molar-refractivity contribution in [2.45, 2.75) is 13.3 Å². The first kappa shape index (κ1) is 14.5. The smallest absolute Gasteiger partial charge is 0.339 e. The van der Waals surface area contributed by atoms with Gasteiger partial charge in [-0.05, 0) is 24.1 Å². The average Bonchev–Trinajstić information content (AvgIpc) is 2.47. The van der Waals surface area contributed by atoms with Crippen LogP contribution in [0.5, 0.6) is 11.5 Å². The summed E-state index contributed by atoms with van der Waals surface area (Å²) in [5.41, 5.74) is 0.225. The van der Waals surface area contributed by atoms with E-state index in [1.807, 2.05) is 19.1 Å². The van der Waals surface area contributed by atoms with Gasteiger partial charge in [-0.25, -0.2) is 4.79 Å². The second-order valence-electron chi connectivity index (χ2n) is 4.28. The number of hydrogen-bond donors (Lipinski definition) is 1. The second kappa shape index (κ2) is 6.04. The van der Waals surface area contributed by atoms with Gasteiger partial charge in [0.15, 0.2) is 0 Å². The quantitative estimate of drug-likeness (QED) is 0.669. The topological polar surface area (TPSA) is 89.7 Å². The largest absolute Gasteiger partial charge is 0.478 e. The fourth-order valence-corrected chi connectivity index (χ4v) is 1.95. The maximum absolute atomic E-state index is 11.2. The lowest BCUT2D eigenvalue weighted by Crippen LogP contribution is -2.04. The van der Waals surface area contributed by atoms with Crippen LogP contribution >= 0.6 is 0 Å². The van der Waals surface area contributed by atoms with Crippen LogP contribution in [0.2, 0.25) is 0 Å². The van der Waals surface area contributed by atoms with Gasteiger partial charge in [0.1, 0.15) is 11.3 Å². The molecule has 2 aromatic rings. The lowest BCUT2D eigenvalue weighted by atomic mass is 10.1. The molecule has 6 nitrogen and oxygen atoms in total. The number of para-hydroxylation sites is 2.